The number of quaternary nitrogens is 1. The lowest BCUT2D eigenvalue weighted by atomic mass is 9.95. The van der Waals surface area contributed by atoms with Crippen LogP contribution in [0, 0.1) is 0 Å². The number of likely N-dealkylation sites (tertiary alicyclic amines) is 1. The fourth-order valence-corrected chi connectivity index (χ4v) is 4.65. The number of ketones is 1. The van der Waals surface area contributed by atoms with Crippen molar-refractivity contribution >= 4 is 17.4 Å². The fourth-order valence-electron chi connectivity index (χ4n) is 4.65. The molecule has 4 rings (SSSR count). The molecule has 8 nitrogen and oxygen atoms in total. The highest BCUT2D eigenvalue weighted by Crippen LogP contribution is 2.39. The third-order valence-corrected chi connectivity index (χ3v) is 6.49. The maximum Gasteiger partial charge on any atom is 0.295 e. The molecular formula is C29H34N2O6. The molecule has 1 amide bonds. The van der Waals surface area contributed by atoms with Crippen LogP contribution in [0.25, 0.3) is 5.76 Å². The van der Waals surface area contributed by atoms with E-state index in [1.54, 1.807) is 30.3 Å². The lowest BCUT2D eigenvalue weighted by molar-refractivity contribution is -0.907. The smallest absolute Gasteiger partial charge is 0.295 e. The second-order valence-corrected chi connectivity index (χ2v) is 9.45. The zero-order valence-electron chi connectivity index (χ0n) is 21.4. The normalized spacial score (nSPS) is 19.9. The SMILES string of the molecule is C=CCOc1ccc(C([O-])=C2C(=O)C(=O)N(CC[NH+]3CCOCC3)C2c2ccc(OC(C)C)cc2)cc1. The van der Waals surface area contributed by atoms with Gasteiger partial charge in [-0.2, -0.15) is 0 Å². The molecule has 0 aliphatic carbocycles. The lowest BCUT2D eigenvalue weighted by Gasteiger charge is -2.30. The third kappa shape index (κ3) is 6.21. The van der Waals surface area contributed by atoms with Crippen LogP contribution in [0.4, 0.5) is 0 Å². The van der Waals surface area contributed by atoms with Gasteiger partial charge in [0.25, 0.3) is 5.91 Å². The Bertz CT molecular complexity index is 1130. The van der Waals surface area contributed by atoms with Crippen LogP contribution in [0.3, 0.4) is 0 Å². The second kappa shape index (κ2) is 12.1. The van der Waals surface area contributed by atoms with Gasteiger partial charge < -0.3 is 29.1 Å². The van der Waals surface area contributed by atoms with Crippen LogP contribution in [-0.4, -0.2) is 68.7 Å². The third-order valence-electron chi connectivity index (χ3n) is 6.49. The first kappa shape index (κ1) is 26.4. The minimum atomic E-state index is -0.766. The van der Waals surface area contributed by atoms with Crippen molar-refractivity contribution in [1.29, 1.82) is 0 Å². The number of rotatable bonds is 10. The summed E-state index contributed by atoms with van der Waals surface area (Å²) in [6.07, 6.45) is 1.64. The van der Waals surface area contributed by atoms with Gasteiger partial charge in [-0.05, 0) is 49.2 Å². The van der Waals surface area contributed by atoms with E-state index in [2.05, 4.69) is 6.58 Å². The standard InChI is InChI=1S/C29H34N2O6/c1-4-17-36-23-9-7-22(8-10-23)27(32)25-26(21-5-11-24(12-6-21)37-20(2)3)31(29(34)28(25)33)14-13-30-15-18-35-19-16-30/h4-12,20,26,32H,1,13-19H2,2-3H3. The largest absolute Gasteiger partial charge is 0.872 e. The summed E-state index contributed by atoms with van der Waals surface area (Å²) in [7, 11) is 0. The average molecular weight is 507 g/mol. The average Bonchev–Trinajstić information content (AvgIpc) is 3.16. The first-order chi connectivity index (χ1) is 17.9. The van der Waals surface area contributed by atoms with Crippen LogP contribution >= 0.6 is 0 Å². The highest BCUT2D eigenvalue weighted by Gasteiger charge is 2.44. The molecule has 8 heteroatoms. The van der Waals surface area contributed by atoms with Crippen molar-refractivity contribution in [1.82, 2.24) is 4.90 Å². The van der Waals surface area contributed by atoms with E-state index >= 15 is 0 Å². The summed E-state index contributed by atoms with van der Waals surface area (Å²) in [6.45, 7) is 11.9. The van der Waals surface area contributed by atoms with E-state index < -0.39 is 23.5 Å². The number of carbonyl (C=O) groups excluding carboxylic acids is 2. The van der Waals surface area contributed by atoms with Gasteiger partial charge in [-0.15, -0.1) is 0 Å². The predicted molar refractivity (Wildman–Crippen MR) is 137 cm³/mol. The number of morpholine rings is 1. The Morgan fingerprint density at radius 3 is 2.38 bits per heavy atom. The summed E-state index contributed by atoms with van der Waals surface area (Å²) in [5, 5.41) is 13.6. The first-order valence-electron chi connectivity index (χ1n) is 12.7. The number of hydrogen-bond acceptors (Lipinski definition) is 6. The zero-order chi connectivity index (χ0) is 26.4. The quantitative estimate of drug-likeness (QED) is 0.225. The molecule has 0 radical (unpaired) electrons. The molecule has 2 aromatic carbocycles. The van der Waals surface area contributed by atoms with Crippen LogP contribution in [0.5, 0.6) is 11.5 Å². The Labute approximate surface area is 217 Å². The van der Waals surface area contributed by atoms with Crippen LogP contribution < -0.4 is 19.5 Å². The molecule has 2 aromatic rings. The van der Waals surface area contributed by atoms with Crippen molar-refractivity contribution in [3.63, 3.8) is 0 Å². The first-order valence-corrected chi connectivity index (χ1v) is 12.7. The van der Waals surface area contributed by atoms with Crippen molar-refractivity contribution in [2.24, 2.45) is 0 Å². The molecule has 1 unspecified atom stereocenters. The number of nitrogens with one attached hydrogen (secondary N) is 1. The van der Waals surface area contributed by atoms with Crippen molar-refractivity contribution in [2.75, 3.05) is 46.0 Å². The van der Waals surface area contributed by atoms with E-state index in [9.17, 15) is 14.7 Å². The molecule has 2 aliphatic rings. The molecule has 2 aliphatic heterocycles. The molecule has 37 heavy (non-hydrogen) atoms. The molecule has 196 valence electrons. The van der Waals surface area contributed by atoms with Crippen LogP contribution in [0.1, 0.15) is 31.0 Å². The number of hydrogen-bond donors (Lipinski definition) is 1. The maximum atomic E-state index is 13.6. The molecule has 1 N–H and O–H groups in total. The van der Waals surface area contributed by atoms with Crippen LogP contribution in [0.15, 0.2) is 66.8 Å². The number of ether oxygens (including phenoxy) is 3. The van der Waals surface area contributed by atoms with E-state index in [0.29, 0.717) is 55.5 Å². The number of Topliss-reactive ketones (excluding diaryl/α,β-unsaturated/α-hetero) is 1. The number of amides is 1. The van der Waals surface area contributed by atoms with Crippen molar-refractivity contribution in [2.45, 2.75) is 26.0 Å². The summed E-state index contributed by atoms with van der Waals surface area (Å²) in [4.78, 5) is 29.3. The molecule has 0 spiro atoms. The Kier molecular flexibility index (Phi) is 8.63. The predicted octanol–water partition coefficient (Wildman–Crippen LogP) is 1.18. The van der Waals surface area contributed by atoms with Crippen molar-refractivity contribution in [3.05, 3.63) is 77.9 Å². The second-order valence-electron chi connectivity index (χ2n) is 9.45. The van der Waals surface area contributed by atoms with Gasteiger partial charge in [0.15, 0.2) is 0 Å². The molecule has 2 saturated heterocycles. The zero-order valence-corrected chi connectivity index (χ0v) is 21.4. The van der Waals surface area contributed by atoms with E-state index in [1.165, 1.54) is 9.80 Å². The number of nitrogens with zero attached hydrogens (tertiary/aromatic N) is 1. The summed E-state index contributed by atoms with van der Waals surface area (Å²) in [5.41, 5.74) is 0.994. The summed E-state index contributed by atoms with van der Waals surface area (Å²) in [5.74, 6) is -0.581. The van der Waals surface area contributed by atoms with Gasteiger partial charge in [0.2, 0.25) is 5.78 Å². The van der Waals surface area contributed by atoms with Gasteiger partial charge in [0, 0.05) is 5.57 Å². The molecule has 2 heterocycles. The summed E-state index contributed by atoms with van der Waals surface area (Å²) < 4.78 is 16.7. The highest BCUT2D eigenvalue weighted by molar-refractivity contribution is 6.46. The molecular weight excluding hydrogens is 472 g/mol. The van der Waals surface area contributed by atoms with Crippen molar-refractivity contribution in [3.8, 4) is 11.5 Å². The maximum absolute atomic E-state index is 13.6. The fraction of sp³-hybridized carbons (Fsp3) is 0.379. The molecule has 1 atom stereocenters. The summed E-state index contributed by atoms with van der Waals surface area (Å²) >= 11 is 0. The van der Waals surface area contributed by atoms with Gasteiger partial charge in [-0.3, -0.25) is 9.59 Å². The number of carbonyl (C=O) groups is 2. The van der Waals surface area contributed by atoms with Gasteiger partial charge in [-0.1, -0.05) is 42.7 Å². The molecule has 0 saturated carbocycles. The van der Waals surface area contributed by atoms with Gasteiger partial charge >= 0.3 is 0 Å². The topological polar surface area (TPSA) is 92.6 Å². The van der Waals surface area contributed by atoms with Crippen molar-refractivity contribution < 1.29 is 33.8 Å². The van der Waals surface area contributed by atoms with Crippen LogP contribution in [0.2, 0.25) is 0 Å². The van der Waals surface area contributed by atoms with Gasteiger partial charge in [-0.25, -0.2) is 0 Å². The molecule has 2 fully saturated rings. The van der Waals surface area contributed by atoms with Gasteiger partial charge in [0.05, 0.1) is 38.4 Å². The van der Waals surface area contributed by atoms with Crippen LogP contribution in [-0.2, 0) is 14.3 Å². The minimum Gasteiger partial charge on any atom is -0.872 e. The van der Waals surface area contributed by atoms with E-state index in [1.807, 2.05) is 38.1 Å². The Morgan fingerprint density at radius 2 is 1.76 bits per heavy atom. The lowest BCUT2D eigenvalue weighted by Crippen LogP contribution is -3.14. The molecule has 0 bridgehead atoms. The van der Waals surface area contributed by atoms with E-state index in [4.69, 9.17) is 14.2 Å². The summed E-state index contributed by atoms with van der Waals surface area (Å²) in [6, 6.07) is 13.1. The minimum absolute atomic E-state index is 0.00983. The number of benzene rings is 2. The Hall–Kier alpha value is -3.62. The molecule has 0 aromatic heterocycles. The van der Waals surface area contributed by atoms with E-state index in [-0.39, 0.29) is 11.7 Å². The monoisotopic (exact) mass is 506 g/mol. The highest BCUT2D eigenvalue weighted by atomic mass is 16.5. The Morgan fingerprint density at radius 1 is 1.11 bits per heavy atom. The van der Waals surface area contributed by atoms with E-state index in [0.717, 1.165) is 13.1 Å². The Balaban J connectivity index is 1.68. The van der Waals surface area contributed by atoms with Gasteiger partial charge in [0.1, 0.15) is 31.2 Å².